The topological polar surface area (TPSA) is 33.2 Å². The number of likely N-dealkylation sites (tertiary alicyclic amines) is 1. The summed E-state index contributed by atoms with van der Waals surface area (Å²) in [6, 6.07) is 3.88. The number of halogens is 1. The van der Waals surface area contributed by atoms with E-state index in [2.05, 4.69) is 4.98 Å². The van der Waals surface area contributed by atoms with Crippen LogP contribution in [0.1, 0.15) is 45.1 Å². The molecule has 1 aromatic rings. The second-order valence-electron chi connectivity index (χ2n) is 6.23. The van der Waals surface area contributed by atoms with Crippen LogP contribution in [0.5, 0.6) is 0 Å². The number of pyridine rings is 1. The molecule has 3 nitrogen and oxygen atoms in total. The molecular formula is C15H21ClN2O. The Balaban J connectivity index is 1.96. The quantitative estimate of drug-likeness (QED) is 0.738. The molecule has 0 saturated carbocycles. The summed E-state index contributed by atoms with van der Waals surface area (Å²) in [5.74, 6) is 0.744. The van der Waals surface area contributed by atoms with E-state index in [1.165, 1.54) is 5.56 Å². The van der Waals surface area contributed by atoms with Crippen LogP contribution in [0.3, 0.4) is 0 Å². The highest BCUT2D eigenvalue weighted by molar-refractivity contribution is 6.29. The van der Waals surface area contributed by atoms with Gasteiger partial charge in [0, 0.05) is 24.7 Å². The van der Waals surface area contributed by atoms with Gasteiger partial charge in [-0.25, -0.2) is 4.98 Å². The molecule has 1 fully saturated rings. The fourth-order valence-electron chi connectivity index (χ4n) is 2.52. The summed E-state index contributed by atoms with van der Waals surface area (Å²) in [6.45, 7) is 7.60. The van der Waals surface area contributed by atoms with E-state index in [0.29, 0.717) is 11.1 Å². The third-order valence-electron chi connectivity index (χ3n) is 3.65. The van der Waals surface area contributed by atoms with E-state index in [9.17, 15) is 4.79 Å². The molecule has 1 aromatic heterocycles. The van der Waals surface area contributed by atoms with Gasteiger partial charge < -0.3 is 4.90 Å². The van der Waals surface area contributed by atoms with Crippen LogP contribution in [-0.4, -0.2) is 28.9 Å². The average Bonchev–Trinajstić information content (AvgIpc) is 2.38. The Morgan fingerprint density at radius 3 is 2.42 bits per heavy atom. The van der Waals surface area contributed by atoms with Crippen molar-refractivity contribution in [2.45, 2.75) is 39.5 Å². The van der Waals surface area contributed by atoms with Gasteiger partial charge >= 0.3 is 0 Å². The predicted octanol–water partition coefficient (Wildman–Crippen LogP) is 3.49. The van der Waals surface area contributed by atoms with Gasteiger partial charge in [-0.1, -0.05) is 38.4 Å². The first kappa shape index (κ1) is 14.3. The van der Waals surface area contributed by atoms with E-state index in [4.69, 9.17) is 11.6 Å². The fraction of sp³-hybridized carbons (Fsp3) is 0.600. The summed E-state index contributed by atoms with van der Waals surface area (Å²) in [6.07, 6.45) is 3.87. The Morgan fingerprint density at radius 1 is 1.32 bits per heavy atom. The zero-order valence-electron chi connectivity index (χ0n) is 11.8. The molecule has 0 N–H and O–H groups in total. The molecule has 1 aliphatic rings. The molecule has 0 aliphatic carbocycles. The molecule has 0 atom stereocenters. The van der Waals surface area contributed by atoms with Crippen LogP contribution < -0.4 is 0 Å². The molecule has 0 radical (unpaired) electrons. The fourth-order valence-corrected chi connectivity index (χ4v) is 2.63. The van der Waals surface area contributed by atoms with E-state index in [1.54, 1.807) is 0 Å². The van der Waals surface area contributed by atoms with Crippen molar-refractivity contribution in [2.24, 2.45) is 5.41 Å². The Bertz CT molecular complexity index is 442. The summed E-state index contributed by atoms with van der Waals surface area (Å²) in [5, 5.41) is 0.532. The second-order valence-corrected chi connectivity index (χ2v) is 6.62. The van der Waals surface area contributed by atoms with Crippen molar-refractivity contribution in [1.29, 1.82) is 0 Å². The van der Waals surface area contributed by atoms with Crippen molar-refractivity contribution in [3.05, 3.63) is 29.0 Å². The van der Waals surface area contributed by atoms with E-state index < -0.39 is 0 Å². The second kappa shape index (κ2) is 5.49. The third kappa shape index (κ3) is 3.47. The van der Waals surface area contributed by atoms with E-state index >= 15 is 0 Å². The largest absolute Gasteiger partial charge is 0.342 e. The molecule has 0 bridgehead atoms. The molecule has 0 spiro atoms. The number of rotatable bonds is 1. The summed E-state index contributed by atoms with van der Waals surface area (Å²) < 4.78 is 0. The summed E-state index contributed by atoms with van der Waals surface area (Å²) in [7, 11) is 0. The van der Waals surface area contributed by atoms with Crippen LogP contribution >= 0.6 is 11.6 Å². The lowest BCUT2D eigenvalue weighted by atomic mass is 9.88. The van der Waals surface area contributed by atoms with Crippen LogP contribution in [-0.2, 0) is 4.79 Å². The van der Waals surface area contributed by atoms with Gasteiger partial charge in [-0.15, -0.1) is 0 Å². The monoisotopic (exact) mass is 280 g/mol. The molecule has 1 saturated heterocycles. The minimum Gasteiger partial charge on any atom is -0.342 e. The first-order valence-corrected chi connectivity index (χ1v) is 7.16. The van der Waals surface area contributed by atoms with Crippen molar-refractivity contribution < 1.29 is 4.79 Å². The van der Waals surface area contributed by atoms with Gasteiger partial charge in [-0.2, -0.15) is 0 Å². The normalized spacial score (nSPS) is 17.6. The molecule has 2 rings (SSSR count). The van der Waals surface area contributed by atoms with Gasteiger partial charge in [0.05, 0.1) is 0 Å². The number of aromatic nitrogens is 1. The lowest BCUT2D eigenvalue weighted by Crippen LogP contribution is -2.43. The van der Waals surface area contributed by atoms with Crippen molar-refractivity contribution >= 4 is 17.5 Å². The van der Waals surface area contributed by atoms with Gasteiger partial charge in [-0.05, 0) is 30.4 Å². The van der Waals surface area contributed by atoms with Crippen LogP contribution in [0.2, 0.25) is 5.15 Å². The number of carbonyl (C=O) groups excluding carboxylic acids is 1. The Labute approximate surface area is 120 Å². The van der Waals surface area contributed by atoms with Crippen molar-refractivity contribution in [3.63, 3.8) is 0 Å². The molecule has 2 heterocycles. The average molecular weight is 281 g/mol. The summed E-state index contributed by atoms with van der Waals surface area (Å²) in [4.78, 5) is 18.3. The van der Waals surface area contributed by atoms with Crippen LogP contribution in [0.4, 0.5) is 0 Å². The molecule has 104 valence electrons. The standard InChI is InChI=1S/C15H21ClN2O/c1-15(2,3)14(19)18-8-6-11(7-9-18)12-4-5-13(16)17-10-12/h4-5,10-11H,6-9H2,1-3H3. The van der Waals surface area contributed by atoms with E-state index in [-0.39, 0.29) is 11.3 Å². The molecule has 1 amide bonds. The van der Waals surface area contributed by atoms with Crippen molar-refractivity contribution in [3.8, 4) is 0 Å². The van der Waals surface area contributed by atoms with Crippen LogP contribution in [0.25, 0.3) is 0 Å². The van der Waals surface area contributed by atoms with Gasteiger partial charge in [-0.3, -0.25) is 4.79 Å². The molecule has 0 aromatic carbocycles. The molecular weight excluding hydrogens is 260 g/mol. The maximum atomic E-state index is 12.2. The maximum absolute atomic E-state index is 12.2. The molecule has 19 heavy (non-hydrogen) atoms. The zero-order chi connectivity index (χ0) is 14.0. The highest BCUT2D eigenvalue weighted by Crippen LogP contribution is 2.30. The highest BCUT2D eigenvalue weighted by atomic mass is 35.5. The lowest BCUT2D eigenvalue weighted by molar-refractivity contribution is -0.140. The highest BCUT2D eigenvalue weighted by Gasteiger charge is 2.30. The number of hydrogen-bond donors (Lipinski definition) is 0. The van der Waals surface area contributed by atoms with Gasteiger partial charge in [0.1, 0.15) is 5.15 Å². The van der Waals surface area contributed by atoms with Crippen molar-refractivity contribution in [2.75, 3.05) is 13.1 Å². The predicted molar refractivity (Wildman–Crippen MR) is 77.3 cm³/mol. The molecule has 1 aliphatic heterocycles. The van der Waals surface area contributed by atoms with Crippen molar-refractivity contribution in [1.82, 2.24) is 9.88 Å². The Morgan fingerprint density at radius 2 is 1.95 bits per heavy atom. The SMILES string of the molecule is CC(C)(C)C(=O)N1CCC(c2ccc(Cl)nc2)CC1. The number of carbonyl (C=O) groups is 1. The number of piperidine rings is 1. The zero-order valence-corrected chi connectivity index (χ0v) is 12.6. The lowest BCUT2D eigenvalue weighted by Gasteiger charge is -2.35. The van der Waals surface area contributed by atoms with Gasteiger partial charge in [0.25, 0.3) is 0 Å². The number of amides is 1. The Hall–Kier alpha value is -1.09. The first-order chi connectivity index (χ1) is 8.88. The minimum atomic E-state index is -0.283. The van der Waals surface area contributed by atoms with E-state index in [1.807, 2.05) is 44.0 Å². The first-order valence-electron chi connectivity index (χ1n) is 6.79. The summed E-state index contributed by atoms with van der Waals surface area (Å²) >= 11 is 5.80. The van der Waals surface area contributed by atoms with Crippen LogP contribution in [0.15, 0.2) is 18.3 Å². The molecule has 4 heteroatoms. The summed E-state index contributed by atoms with van der Waals surface area (Å²) in [5.41, 5.74) is 0.946. The van der Waals surface area contributed by atoms with Crippen LogP contribution in [0, 0.1) is 5.41 Å². The minimum absolute atomic E-state index is 0.250. The smallest absolute Gasteiger partial charge is 0.227 e. The number of nitrogens with zero attached hydrogens (tertiary/aromatic N) is 2. The Kier molecular flexibility index (Phi) is 4.14. The van der Waals surface area contributed by atoms with E-state index in [0.717, 1.165) is 25.9 Å². The maximum Gasteiger partial charge on any atom is 0.227 e. The molecule has 0 unspecified atom stereocenters. The van der Waals surface area contributed by atoms with Gasteiger partial charge in [0.15, 0.2) is 0 Å². The van der Waals surface area contributed by atoms with Gasteiger partial charge in [0.2, 0.25) is 5.91 Å². The third-order valence-corrected chi connectivity index (χ3v) is 3.87. The number of hydrogen-bond acceptors (Lipinski definition) is 2.